The molecule has 0 saturated carbocycles. The summed E-state index contributed by atoms with van der Waals surface area (Å²) in [7, 11) is 0. The minimum absolute atomic E-state index is 0.0614. The van der Waals surface area contributed by atoms with Crippen molar-refractivity contribution in [2.75, 3.05) is 6.61 Å². The third-order valence-corrected chi connectivity index (χ3v) is 5.64. The van der Waals surface area contributed by atoms with Crippen molar-refractivity contribution < 1.29 is 23.8 Å². The third-order valence-electron chi connectivity index (χ3n) is 5.31. The molecule has 1 amide bonds. The molecule has 0 bridgehead atoms. The molecular weight excluding hydrogens is 468 g/mol. The molecule has 1 heterocycles. The summed E-state index contributed by atoms with van der Waals surface area (Å²) in [4.78, 5) is 24.9. The molecule has 3 aromatic rings. The summed E-state index contributed by atoms with van der Waals surface area (Å²) in [5, 5.41) is 4.31. The average Bonchev–Trinajstić information content (AvgIpc) is 2.83. The van der Waals surface area contributed by atoms with Crippen LogP contribution in [0.25, 0.3) is 0 Å². The minimum Gasteiger partial charge on any atom is -0.485 e. The van der Waals surface area contributed by atoms with Gasteiger partial charge in [0.15, 0.2) is 11.5 Å². The van der Waals surface area contributed by atoms with Crippen molar-refractivity contribution in [2.45, 2.75) is 32.3 Å². The summed E-state index contributed by atoms with van der Waals surface area (Å²) in [6, 6.07) is 19.1. The Kier molecular flexibility index (Phi) is 7.07. The maximum absolute atomic E-state index is 12.6. The number of benzene rings is 3. The van der Waals surface area contributed by atoms with Crippen molar-refractivity contribution in [3.63, 3.8) is 0 Å². The summed E-state index contributed by atoms with van der Waals surface area (Å²) in [6.45, 7) is 6.38. The molecule has 35 heavy (non-hydrogen) atoms. The Morgan fingerprint density at radius 2 is 1.86 bits per heavy atom. The molecule has 0 aromatic heterocycles. The van der Waals surface area contributed by atoms with Crippen LogP contribution in [0.3, 0.4) is 0 Å². The van der Waals surface area contributed by atoms with Crippen LogP contribution in [-0.4, -0.2) is 30.8 Å². The molecule has 1 N–H and O–H groups in total. The van der Waals surface area contributed by atoms with E-state index in [-0.39, 0.29) is 17.6 Å². The Hall–Kier alpha value is -3.84. The van der Waals surface area contributed by atoms with Crippen molar-refractivity contribution in [1.82, 2.24) is 5.43 Å². The number of nitrogens with one attached hydrogen (secondary N) is 1. The molecule has 0 unspecified atom stereocenters. The van der Waals surface area contributed by atoms with E-state index in [1.54, 1.807) is 48.5 Å². The largest absolute Gasteiger partial charge is 0.485 e. The van der Waals surface area contributed by atoms with Gasteiger partial charge in [-0.3, -0.25) is 4.79 Å². The second-order valence-corrected chi connectivity index (χ2v) is 9.41. The lowest BCUT2D eigenvalue weighted by Crippen LogP contribution is -2.42. The summed E-state index contributed by atoms with van der Waals surface area (Å²) in [6.07, 6.45) is 0.609. The van der Waals surface area contributed by atoms with E-state index in [0.717, 1.165) is 5.56 Å². The number of ether oxygens (including phenoxy) is 3. The van der Waals surface area contributed by atoms with Gasteiger partial charge in [0.1, 0.15) is 12.4 Å². The number of amides is 1. The van der Waals surface area contributed by atoms with Gasteiger partial charge in [-0.05, 0) is 52.9 Å². The van der Waals surface area contributed by atoms with Crippen molar-refractivity contribution in [3.05, 3.63) is 88.4 Å². The summed E-state index contributed by atoms with van der Waals surface area (Å²) >= 11 is 6.05. The molecule has 0 spiro atoms. The molecule has 0 fully saturated rings. The molecule has 4 rings (SSSR count). The molecule has 0 aliphatic carbocycles. The van der Waals surface area contributed by atoms with Crippen LogP contribution in [0.1, 0.15) is 42.3 Å². The summed E-state index contributed by atoms with van der Waals surface area (Å²) in [5.74, 6) is 0.451. The van der Waals surface area contributed by atoms with Crippen molar-refractivity contribution in [1.29, 1.82) is 0 Å². The third kappa shape index (κ3) is 6.00. The molecular formula is C27H25ClN2O5. The highest BCUT2D eigenvalue weighted by molar-refractivity contribution is 6.33. The van der Waals surface area contributed by atoms with Crippen LogP contribution in [0.2, 0.25) is 5.02 Å². The number of nitrogens with zero attached hydrogens (tertiary/aromatic N) is 1. The number of esters is 1. The topological polar surface area (TPSA) is 86.2 Å². The van der Waals surface area contributed by atoms with Gasteiger partial charge in [-0.1, -0.05) is 62.7 Å². The van der Waals surface area contributed by atoms with Gasteiger partial charge < -0.3 is 14.2 Å². The predicted octanol–water partition coefficient (Wildman–Crippen LogP) is 5.15. The number of rotatable bonds is 5. The SMILES string of the molecule is CC(C)(C)c1ccc2c(c1)O[C@@H](C(=O)N/N=C/c1cccc(OC(=O)c3ccccc3Cl)c1)CO2. The van der Waals surface area contributed by atoms with Crippen LogP contribution in [0, 0.1) is 0 Å². The lowest BCUT2D eigenvalue weighted by Gasteiger charge is -2.27. The van der Waals surface area contributed by atoms with E-state index in [9.17, 15) is 9.59 Å². The zero-order valence-electron chi connectivity index (χ0n) is 19.6. The van der Waals surface area contributed by atoms with E-state index >= 15 is 0 Å². The van der Waals surface area contributed by atoms with Gasteiger partial charge in [0.25, 0.3) is 5.91 Å². The Labute approximate surface area is 208 Å². The predicted molar refractivity (Wildman–Crippen MR) is 134 cm³/mol. The number of hydrogen-bond donors (Lipinski definition) is 1. The summed E-state index contributed by atoms with van der Waals surface area (Å²) < 4.78 is 17.0. The van der Waals surface area contributed by atoms with E-state index in [4.69, 9.17) is 25.8 Å². The van der Waals surface area contributed by atoms with Crippen LogP contribution in [0.15, 0.2) is 71.8 Å². The fourth-order valence-corrected chi connectivity index (χ4v) is 3.57. The van der Waals surface area contributed by atoms with E-state index in [1.807, 2.05) is 18.2 Å². The fourth-order valence-electron chi connectivity index (χ4n) is 3.36. The zero-order chi connectivity index (χ0) is 25.0. The second kappa shape index (κ2) is 10.2. The fraction of sp³-hybridized carbons (Fsp3) is 0.222. The highest BCUT2D eigenvalue weighted by Crippen LogP contribution is 2.36. The summed E-state index contributed by atoms with van der Waals surface area (Å²) in [5.41, 5.74) is 4.38. The first-order chi connectivity index (χ1) is 16.7. The first-order valence-corrected chi connectivity index (χ1v) is 11.4. The van der Waals surface area contributed by atoms with Crippen LogP contribution in [0.4, 0.5) is 0 Å². The monoisotopic (exact) mass is 492 g/mol. The average molecular weight is 493 g/mol. The lowest BCUT2D eigenvalue weighted by molar-refractivity contribution is -0.130. The number of hydrogen-bond acceptors (Lipinski definition) is 6. The number of halogens is 1. The smallest absolute Gasteiger partial charge is 0.345 e. The van der Waals surface area contributed by atoms with E-state index < -0.39 is 18.0 Å². The van der Waals surface area contributed by atoms with Gasteiger partial charge in [0, 0.05) is 0 Å². The Morgan fingerprint density at radius 1 is 1.06 bits per heavy atom. The maximum Gasteiger partial charge on any atom is 0.345 e. The Morgan fingerprint density at radius 3 is 2.63 bits per heavy atom. The highest BCUT2D eigenvalue weighted by atomic mass is 35.5. The number of fused-ring (bicyclic) bond motifs is 1. The van der Waals surface area contributed by atoms with Crippen LogP contribution < -0.4 is 19.6 Å². The molecule has 1 atom stereocenters. The van der Waals surface area contributed by atoms with Crippen LogP contribution in [0.5, 0.6) is 17.2 Å². The van der Waals surface area contributed by atoms with E-state index in [0.29, 0.717) is 27.8 Å². The zero-order valence-corrected chi connectivity index (χ0v) is 20.3. The molecule has 3 aromatic carbocycles. The van der Waals surface area contributed by atoms with Gasteiger partial charge in [-0.25, -0.2) is 10.2 Å². The molecule has 1 aliphatic rings. The Bertz CT molecular complexity index is 1280. The first kappa shape index (κ1) is 24.3. The van der Waals surface area contributed by atoms with Crippen molar-refractivity contribution in [2.24, 2.45) is 5.10 Å². The quantitative estimate of drug-likeness (QED) is 0.230. The van der Waals surface area contributed by atoms with Crippen molar-refractivity contribution >= 4 is 29.7 Å². The molecule has 0 saturated heterocycles. The molecule has 180 valence electrons. The molecule has 1 aliphatic heterocycles. The van der Waals surface area contributed by atoms with Gasteiger partial charge in [-0.15, -0.1) is 0 Å². The number of carbonyl (C=O) groups is 2. The number of carbonyl (C=O) groups excluding carboxylic acids is 2. The molecule has 8 heteroatoms. The Balaban J connectivity index is 1.36. The normalized spacial score (nSPS) is 15.0. The molecule has 7 nitrogen and oxygen atoms in total. The second-order valence-electron chi connectivity index (χ2n) is 9.01. The first-order valence-electron chi connectivity index (χ1n) is 11.0. The standard InChI is InChI=1S/C27H25ClN2O5/c1-27(2,3)18-11-12-22-23(14-18)35-24(16-33-22)25(31)30-29-15-17-7-6-8-19(13-17)34-26(32)20-9-4-5-10-21(20)28/h4-15,24H,16H2,1-3H3,(H,30,31)/b29-15+/t24-/m1/s1. The van der Waals surface area contributed by atoms with Crippen LogP contribution in [-0.2, 0) is 10.2 Å². The molecule has 0 radical (unpaired) electrons. The van der Waals surface area contributed by atoms with Gasteiger partial charge in [0.2, 0.25) is 6.10 Å². The van der Waals surface area contributed by atoms with Crippen LogP contribution >= 0.6 is 11.6 Å². The van der Waals surface area contributed by atoms with E-state index in [2.05, 4.69) is 31.3 Å². The number of hydrazone groups is 1. The van der Waals surface area contributed by atoms with E-state index in [1.165, 1.54) is 6.21 Å². The minimum atomic E-state index is -0.835. The van der Waals surface area contributed by atoms with Gasteiger partial charge in [0.05, 0.1) is 16.8 Å². The highest BCUT2D eigenvalue weighted by Gasteiger charge is 2.28. The van der Waals surface area contributed by atoms with Gasteiger partial charge >= 0.3 is 5.97 Å². The van der Waals surface area contributed by atoms with Gasteiger partial charge in [-0.2, -0.15) is 5.10 Å². The van der Waals surface area contributed by atoms with Crippen molar-refractivity contribution in [3.8, 4) is 17.2 Å². The maximum atomic E-state index is 12.6. The lowest BCUT2D eigenvalue weighted by atomic mass is 9.87.